The Morgan fingerprint density at radius 2 is 1.94 bits per heavy atom. The molecule has 6 nitrogen and oxygen atoms in total. The molecule has 17 heavy (non-hydrogen) atoms. The largest absolute Gasteiger partial charge is 0.354 e. The second kappa shape index (κ2) is 5.88. The van der Waals surface area contributed by atoms with E-state index in [4.69, 9.17) is 9.79 Å². The van der Waals surface area contributed by atoms with Gasteiger partial charge >= 0.3 is 8.25 Å². The first-order valence-corrected chi connectivity index (χ1v) is 7.81. The van der Waals surface area contributed by atoms with Gasteiger partial charge in [-0.3, -0.25) is 13.7 Å². The van der Waals surface area contributed by atoms with Gasteiger partial charge in [0.2, 0.25) is 0 Å². The van der Waals surface area contributed by atoms with Crippen molar-refractivity contribution in [2.75, 3.05) is 0 Å². The molecule has 1 rings (SSSR count). The zero-order valence-electron chi connectivity index (χ0n) is 8.05. The summed E-state index contributed by atoms with van der Waals surface area (Å²) in [6.45, 7) is 0. The second-order valence-corrected chi connectivity index (χ2v) is 6.10. The molecule has 0 aliphatic carbocycles. The molecule has 1 aromatic carbocycles. The SMILES string of the molecule is O=[PH](O)OC(O)(c1c(F)cccc1I)[PH](=O)O. The number of hydrogen-bond donors (Lipinski definition) is 3. The van der Waals surface area contributed by atoms with Gasteiger partial charge in [0.1, 0.15) is 5.82 Å². The van der Waals surface area contributed by atoms with Crippen molar-refractivity contribution in [1.82, 2.24) is 0 Å². The molecule has 3 unspecified atom stereocenters. The quantitative estimate of drug-likeness (QED) is 0.404. The summed E-state index contributed by atoms with van der Waals surface area (Å²) in [7, 11) is -7.58. The summed E-state index contributed by atoms with van der Waals surface area (Å²) in [5.74, 6) is -1.00. The van der Waals surface area contributed by atoms with Crippen LogP contribution in [0.4, 0.5) is 4.39 Å². The Morgan fingerprint density at radius 3 is 2.35 bits per heavy atom. The monoisotopic (exact) mass is 396 g/mol. The average molecular weight is 396 g/mol. The minimum atomic E-state index is -3.86. The third kappa shape index (κ3) is 3.35. The summed E-state index contributed by atoms with van der Waals surface area (Å²) in [5, 5.41) is 9.77. The molecule has 0 saturated heterocycles. The molecule has 0 radical (unpaired) electrons. The normalized spacial score (nSPS) is 18.4. The van der Waals surface area contributed by atoms with Crippen molar-refractivity contribution in [2.45, 2.75) is 5.53 Å². The summed E-state index contributed by atoms with van der Waals surface area (Å²) < 4.78 is 39.4. The van der Waals surface area contributed by atoms with Gasteiger partial charge in [-0.15, -0.1) is 0 Å². The van der Waals surface area contributed by atoms with Crippen LogP contribution in [0.3, 0.4) is 0 Å². The summed E-state index contributed by atoms with van der Waals surface area (Å²) in [6, 6.07) is 3.61. The van der Waals surface area contributed by atoms with E-state index in [0.29, 0.717) is 0 Å². The van der Waals surface area contributed by atoms with Gasteiger partial charge < -0.3 is 14.9 Å². The lowest BCUT2D eigenvalue weighted by Crippen LogP contribution is -2.25. The lowest BCUT2D eigenvalue weighted by molar-refractivity contribution is -0.0771. The number of hydrogen-bond acceptors (Lipinski definition) is 4. The first kappa shape index (κ1) is 15.2. The van der Waals surface area contributed by atoms with Crippen LogP contribution >= 0.6 is 38.9 Å². The molecule has 10 heteroatoms. The lowest BCUT2D eigenvalue weighted by Gasteiger charge is -2.25. The maximum atomic E-state index is 13.5. The first-order valence-electron chi connectivity index (χ1n) is 4.11. The molecule has 0 heterocycles. The van der Waals surface area contributed by atoms with Crippen LogP contribution in [0.1, 0.15) is 5.56 Å². The number of halogens is 2. The van der Waals surface area contributed by atoms with E-state index in [9.17, 15) is 18.6 Å². The molecule has 0 aliphatic rings. The van der Waals surface area contributed by atoms with E-state index in [1.165, 1.54) is 12.1 Å². The van der Waals surface area contributed by atoms with Crippen LogP contribution in [0.2, 0.25) is 0 Å². The molecule has 0 saturated carbocycles. The molecular weight excluding hydrogens is 388 g/mol. The van der Waals surface area contributed by atoms with E-state index in [-0.39, 0.29) is 3.57 Å². The zero-order chi connectivity index (χ0) is 13.2. The van der Waals surface area contributed by atoms with Crippen LogP contribution in [0.25, 0.3) is 0 Å². The Morgan fingerprint density at radius 1 is 1.35 bits per heavy atom. The van der Waals surface area contributed by atoms with Crippen molar-refractivity contribution >= 4 is 38.9 Å². The highest BCUT2D eigenvalue weighted by Gasteiger charge is 2.42. The fourth-order valence-corrected chi connectivity index (χ4v) is 3.67. The summed E-state index contributed by atoms with van der Waals surface area (Å²) in [4.78, 5) is 17.6. The first-order chi connectivity index (χ1) is 7.79. The molecule has 3 atom stereocenters. The van der Waals surface area contributed by atoms with Crippen LogP contribution in [0.15, 0.2) is 18.2 Å². The van der Waals surface area contributed by atoms with E-state index in [2.05, 4.69) is 4.52 Å². The van der Waals surface area contributed by atoms with Crippen LogP contribution in [0.5, 0.6) is 0 Å². The lowest BCUT2D eigenvalue weighted by atomic mass is 10.2. The van der Waals surface area contributed by atoms with E-state index in [1.807, 2.05) is 0 Å². The van der Waals surface area contributed by atoms with Gasteiger partial charge in [-0.05, 0) is 34.7 Å². The van der Waals surface area contributed by atoms with E-state index in [1.54, 1.807) is 22.6 Å². The maximum absolute atomic E-state index is 13.5. The van der Waals surface area contributed by atoms with Crippen molar-refractivity contribution < 1.29 is 32.9 Å². The van der Waals surface area contributed by atoms with Crippen molar-refractivity contribution in [3.05, 3.63) is 33.1 Å². The van der Waals surface area contributed by atoms with Gasteiger partial charge in [-0.1, -0.05) is 6.07 Å². The molecule has 1 aromatic rings. The maximum Gasteiger partial charge on any atom is 0.319 e. The summed E-state index contributed by atoms with van der Waals surface area (Å²) >= 11 is 1.61. The Balaban J connectivity index is 3.42. The van der Waals surface area contributed by atoms with Crippen molar-refractivity contribution in [3.63, 3.8) is 0 Å². The van der Waals surface area contributed by atoms with Gasteiger partial charge in [0, 0.05) is 3.57 Å². The summed E-state index contributed by atoms with van der Waals surface area (Å²) in [5.41, 5.74) is -3.63. The van der Waals surface area contributed by atoms with Crippen molar-refractivity contribution in [2.24, 2.45) is 0 Å². The third-order valence-corrected chi connectivity index (χ3v) is 4.33. The number of benzene rings is 1. The molecule has 0 fully saturated rings. The predicted octanol–water partition coefficient (Wildman–Crippen LogP) is 1.40. The molecular formula is C7H8FIO6P2. The van der Waals surface area contributed by atoms with Gasteiger partial charge in [-0.2, -0.15) is 0 Å². The van der Waals surface area contributed by atoms with E-state index >= 15 is 0 Å². The van der Waals surface area contributed by atoms with Crippen LogP contribution in [-0.2, 0) is 19.2 Å². The Hall–Kier alpha value is 0.180. The predicted molar refractivity (Wildman–Crippen MR) is 66.5 cm³/mol. The number of rotatable bonds is 4. The topological polar surface area (TPSA) is 104 Å². The van der Waals surface area contributed by atoms with E-state index in [0.717, 1.165) is 6.07 Å². The fraction of sp³-hybridized carbons (Fsp3) is 0.143. The second-order valence-electron chi connectivity index (χ2n) is 2.91. The summed E-state index contributed by atoms with van der Waals surface area (Å²) in [6.07, 6.45) is 0. The molecule has 0 amide bonds. The van der Waals surface area contributed by atoms with Gasteiger partial charge in [0.25, 0.3) is 13.6 Å². The standard InChI is InChI=1S/C7H8FIO6P2/c8-4-2-1-3-5(9)6(4)7(10,16(11)12)15-17(13)14/h1-3,10,16-17H,(H,11,12)(H,13,14). The van der Waals surface area contributed by atoms with Gasteiger partial charge in [-0.25, -0.2) is 4.39 Å². The third-order valence-electron chi connectivity index (χ3n) is 1.83. The van der Waals surface area contributed by atoms with Crippen LogP contribution in [-0.4, -0.2) is 14.9 Å². The minimum absolute atomic E-state index is 0.0979. The molecule has 0 aromatic heterocycles. The van der Waals surface area contributed by atoms with Crippen molar-refractivity contribution in [1.29, 1.82) is 0 Å². The average Bonchev–Trinajstić information content (AvgIpc) is 2.15. The highest BCUT2D eigenvalue weighted by Crippen LogP contribution is 2.49. The minimum Gasteiger partial charge on any atom is -0.354 e. The van der Waals surface area contributed by atoms with Gasteiger partial charge in [0.15, 0.2) is 0 Å². The molecule has 0 spiro atoms. The smallest absolute Gasteiger partial charge is 0.319 e. The molecule has 96 valence electrons. The highest BCUT2D eigenvalue weighted by molar-refractivity contribution is 14.1. The van der Waals surface area contributed by atoms with Crippen LogP contribution in [0, 0.1) is 9.39 Å². The van der Waals surface area contributed by atoms with Crippen molar-refractivity contribution in [3.8, 4) is 0 Å². The molecule has 0 bridgehead atoms. The highest BCUT2D eigenvalue weighted by atomic mass is 127. The number of aliphatic hydroxyl groups is 1. The molecule has 0 aliphatic heterocycles. The van der Waals surface area contributed by atoms with E-state index < -0.39 is 33.2 Å². The zero-order valence-corrected chi connectivity index (χ0v) is 12.2. The molecule has 3 N–H and O–H groups in total. The Labute approximate surface area is 110 Å². The Kier molecular flexibility index (Phi) is 5.27. The Bertz CT molecular complexity index is 463. The fourth-order valence-electron chi connectivity index (χ4n) is 1.15. The van der Waals surface area contributed by atoms with Crippen LogP contribution < -0.4 is 0 Å². The van der Waals surface area contributed by atoms with Gasteiger partial charge in [0.05, 0.1) is 5.56 Å².